The van der Waals surface area contributed by atoms with Gasteiger partial charge in [0.25, 0.3) is 5.69 Å². The SMILES string of the molecule is Cc1c([N+](=O)[O-])cc2[nH]ncc2c1Br. The first-order valence-corrected chi connectivity index (χ1v) is 4.67. The van der Waals surface area contributed by atoms with Crippen LogP contribution in [0.1, 0.15) is 5.56 Å². The van der Waals surface area contributed by atoms with Gasteiger partial charge in [-0.3, -0.25) is 15.2 Å². The van der Waals surface area contributed by atoms with E-state index in [9.17, 15) is 10.1 Å². The highest BCUT2D eigenvalue weighted by Crippen LogP contribution is 2.32. The zero-order valence-corrected chi connectivity index (χ0v) is 8.83. The van der Waals surface area contributed by atoms with Gasteiger partial charge in [0.2, 0.25) is 0 Å². The molecule has 0 unspecified atom stereocenters. The van der Waals surface area contributed by atoms with Gasteiger partial charge in [0.15, 0.2) is 0 Å². The van der Waals surface area contributed by atoms with Crippen LogP contribution in [0.25, 0.3) is 10.9 Å². The second-order valence-corrected chi connectivity index (χ2v) is 3.72. The van der Waals surface area contributed by atoms with E-state index in [1.54, 1.807) is 13.1 Å². The Labute approximate surface area is 87.4 Å². The fraction of sp³-hybridized carbons (Fsp3) is 0.125. The Balaban J connectivity index is 2.87. The molecule has 1 aromatic heterocycles. The molecule has 1 heterocycles. The van der Waals surface area contributed by atoms with E-state index in [0.717, 1.165) is 9.86 Å². The first-order chi connectivity index (χ1) is 6.61. The maximum Gasteiger partial charge on any atom is 0.275 e. The molecular weight excluding hydrogens is 250 g/mol. The van der Waals surface area contributed by atoms with Crippen molar-refractivity contribution in [2.45, 2.75) is 6.92 Å². The molecule has 0 aliphatic rings. The van der Waals surface area contributed by atoms with E-state index in [-0.39, 0.29) is 5.69 Å². The third-order valence-corrected chi connectivity index (χ3v) is 3.12. The molecule has 72 valence electrons. The molecule has 0 saturated heterocycles. The molecule has 0 amide bonds. The monoisotopic (exact) mass is 255 g/mol. The van der Waals surface area contributed by atoms with Crippen molar-refractivity contribution in [2.75, 3.05) is 0 Å². The van der Waals surface area contributed by atoms with Crippen LogP contribution in [0.15, 0.2) is 16.7 Å². The molecular formula is C8H6BrN3O2. The van der Waals surface area contributed by atoms with E-state index in [0.29, 0.717) is 11.1 Å². The summed E-state index contributed by atoms with van der Waals surface area (Å²) < 4.78 is 0.718. The summed E-state index contributed by atoms with van der Waals surface area (Å²) in [7, 11) is 0. The highest BCUT2D eigenvalue weighted by molar-refractivity contribution is 9.10. The molecule has 0 spiro atoms. The lowest BCUT2D eigenvalue weighted by molar-refractivity contribution is -0.385. The Morgan fingerprint density at radius 1 is 1.64 bits per heavy atom. The number of nitro groups is 1. The standard InChI is InChI=1S/C8H6BrN3O2/c1-4-7(12(13)14)2-6-5(8(4)9)3-10-11-6/h2-3H,1H3,(H,10,11). The normalized spacial score (nSPS) is 10.7. The van der Waals surface area contributed by atoms with Crippen molar-refractivity contribution in [1.82, 2.24) is 10.2 Å². The number of halogens is 1. The lowest BCUT2D eigenvalue weighted by Gasteiger charge is -2.00. The molecule has 0 saturated carbocycles. The van der Waals surface area contributed by atoms with Crippen LogP contribution in [-0.2, 0) is 0 Å². The van der Waals surface area contributed by atoms with Crippen LogP contribution in [0, 0.1) is 17.0 Å². The highest BCUT2D eigenvalue weighted by Gasteiger charge is 2.16. The third kappa shape index (κ3) is 1.19. The molecule has 0 atom stereocenters. The second-order valence-electron chi connectivity index (χ2n) is 2.92. The number of hydrogen-bond acceptors (Lipinski definition) is 3. The van der Waals surface area contributed by atoms with E-state index in [1.807, 2.05) is 0 Å². The fourth-order valence-corrected chi connectivity index (χ4v) is 1.85. The zero-order valence-electron chi connectivity index (χ0n) is 7.24. The molecule has 0 bridgehead atoms. The molecule has 1 N–H and O–H groups in total. The number of nitrogens with zero attached hydrogens (tertiary/aromatic N) is 2. The van der Waals surface area contributed by atoms with E-state index >= 15 is 0 Å². The number of benzene rings is 1. The quantitative estimate of drug-likeness (QED) is 0.629. The molecule has 0 fully saturated rings. The van der Waals surface area contributed by atoms with Crippen molar-refractivity contribution in [2.24, 2.45) is 0 Å². The van der Waals surface area contributed by atoms with Crippen molar-refractivity contribution < 1.29 is 4.92 Å². The Morgan fingerprint density at radius 3 is 3.00 bits per heavy atom. The summed E-state index contributed by atoms with van der Waals surface area (Å²) >= 11 is 3.31. The first kappa shape index (κ1) is 9.14. The Kier molecular flexibility index (Phi) is 1.99. The van der Waals surface area contributed by atoms with Crippen LogP contribution >= 0.6 is 15.9 Å². The van der Waals surface area contributed by atoms with E-state index in [2.05, 4.69) is 26.1 Å². The summed E-state index contributed by atoms with van der Waals surface area (Å²) in [5.41, 5.74) is 1.37. The predicted octanol–water partition coefficient (Wildman–Crippen LogP) is 2.54. The third-order valence-electron chi connectivity index (χ3n) is 2.10. The van der Waals surface area contributed by atoms with Crippen LogP contribution < -0.4 is 0 Å². The molecule has 14 heavy (non-hydrogen) atoms. The van der Waals surface area contributed by atoms with Crippen LogP contribution in [0.5, 0.6) is 0 Å². The molecule has 5 nitrogen and oxygen atoms in total. The van der Waals surface area contributed by atoms with Crippen molar-refractivity contribution in [3.8, 4) is 0 Å². The topological polar surface area (TPSA) is 71.8 Å². The first-order valence-electron chi connectivity index (χ1n) is 3.88. The summed E-state index contributed by atoms with van der Waals surface area (Å²) in [4.78, 5) is 10.3. The van der Waals surface area contributed by atoms with Gasteiger partial charge in [0.05, 0.1) is 16.6 Å². The second kappa shape index (κ2) is 3.06. The summed E-state index contributed by atoms with van der Waals surface area (Å²) in [6.45, 7) is 1.70. The van der Waals surface area contributed by atoms with Gasteiger partial charge >= 0.3 is 0 Å². The van der Waals surface area contributed by atoms with Crippen LogP contribution in [0.3, 0.4) is 0 Å². The Bertz CT molecular complexity index is 521. The molecule has 0 aliphatic heterocycles. The van der Waals surface area contributed by atoms with Crippen LogP contribution in [0.4, 0.5) is 5.69 Å². The van der Waals surface area contributed by atoms with E-state index < -0.39 is 4.92 Å². The van der Waals surface area contributed by atoms with Crippen molar-refractivity contribution in [1.29, 1.82) is 0 Å². The number of hydrogen-bond donors (Lipinski definition) is 1. The highest BCUT2D eigenvalue weighted by atomic mass is 79.9. The minimum absolute atomic E-state index is 0.0913. The summed E-state index contributed by atoms with van der Waals surface area (Å²) in [5.74, 6) is 0. The van der Waals surface area contributed by atoms with Gasteiger partial charge in [-0.1, -0.05) is 0 Å². The molecule has 6 heteroatoms. The molecule has 1 aromatic carbocycles. The summed E-state index contributed by atoms with van der Waals surface area (Å²) in [5, 5.41) is 18.1. The van der Waals surface area contributed by atoms with Crippen LogP contribution in [0.2, 0.25) is 0 Å². The number of fused-ring (bicyclic) bond motifs is 1. The fourth-order valence-electron chi connectivity index (χ4n) is 1.33. The lowest BCUT2D eigenvalue weighted by Crippen LogP contribution is -1.92. The van der Waals surface area contributed by atoms with Crippen molar-refractivity contribution in [3.05, 3.63) is 32.4 Å². The smallest absolute Gasteiger partial charge is 0.275 e. The maximum absolute atomic E-state index is 10.7. The van der Waals surface area contributed by atoms with Gasteiger partial charge in [0, 0.05) is 21.5 Å². The number of nitro benzene ring substituents is 1. The van der Waals surface area contributed by atoms with Gasteiger partial charge in [-0.15, -0.1) is 0 Å². The van der Waals surface area contributed by atoms with Gasteiger partial charge in [-0.25, -0.2) is 0 Å². The molecule has 2 rings (SSSR count). The molecule has 0 radical (unpaired) electrons. The average Bonchev–Trinajstić information content (AvgIpc) is 2.58. The summed E-state index contributed by atoms with van der Waals surface area (Å²) in [6, 6.07) is 1.49. The van der Waals surface area contributed by atoms with Gasteiger partial charge in [-0.2, -0.15) is 5.10 Å². The van der Waals surface area contributed by atoms with Crippen molar-refractivity contribution in [3.63, 3.8) is 0 Å². The predicted molar refractivity (Wildman–Crippen MR) is 55.2 cm³/mol. The van der Waals surface area contributed by atoms with E-state index in [4.69, 9.17) is 0 Å². The number of nitrogens with one attached hydrogen (secondary N) is 1. The number of rotatable bonds is 1. The largest absolute Gasteiger partial charge is 0.278 e. The van der Waals surface area contributed by atoms with Gasteiger partial charge in [-0.05, 0) is 22.9 Å². The van der Waals surface area contributed by atoms with Gasteiger partial charge in [0.1, 0.15) is 0 Å². The van der Waals surface area contributed by atoms with Crippen LogP contribution in [-0.4, -0.2) is 15.1 Å². The molecule has 0 aliphatic carbocycles. The number of aromatic amines is 1. The zero-order chi connectivity index (χ0) is 10.3. The minimum Gasteiger partial charge on any atom is -0.278 e. The van der Waals surface area contributed by atoms with E-state index in [1.165, 1.54) is 6.07 Å². The number of aromatic nitrogens is 2. The Hall–Kier alpha value is -1.43. The van der Waals surface area contributed by atoms with Crippen molar-refractivity contribution >= 4 is 32.5 Å². The minimum atomic E-state index is -0.402. The number of H-pyrrole nitrogens is 1. The summed E-state index contributed by atoms with van der Waals surface area (Å²) in [6.07, 6.45) is 1.64. The lowest BCUT2D eigenvalue weighted by atomic mass is 10.1. The Morgan fingerprint density at radius 2 is 2.36 bits per heavy atom. The molecule has 2 aromatic rings. The van der Waals surface area contributed by atoms with Gasteiger partial charge < -0.3 is 0 Å². The maximum atomic E-state index is 10.7. The average molecular weight is 256 g/mol.